The van der Waals surface area contributed by atoms with Crippen LogP contribution in [0, 0.1) is 29.1 Å². The molecule has 3 amide bonds. The minimum Gasteiger partial charge on any atom is -0.444 e. The highest BCUT2D eigenvalue weighted by atomic mass is 16.6. The van der Waals surface area contributed by atoms with Crippen LogP contribution in [0.25, 0.3) is 0 Å². The van der Waals surface area contributed by atoms with Crippen LogP contribution in [0.1, 0.15) is 65.7 Å². The number of alkyl carbamates (subject to hydrolysis) is 1. The molecule has 0 spiro atoms. The number of carbonyl (C=O) groups is 3. The van der Waals surface area contributed by atoms with Crippen molar-refractivity contribution >= 4 is 17.9 Å². The minimum absolute atomic E-state index is 0.292. The van der Waals surface area contributed by atoms with E-state index in [2.05, 4.69) is 10.6 Å². The summed E-state index contributed by atoms with van der Waals surface area (Å²) in [4.78, 5) is 37.1. The van der Waals surface area contributed by atoms with E-state index in [1.807, 2.05) is 20.8 Å². The minimum atomic E-state index is -1.04. The Hall–Kier alpha value is -1.79. The molecule has 5 fully saturated rings. The first kappa shape index (κ1) is 19.5. The maximum Gasteiger partial charge on any atom is 0.408 e. The molecular weight excluding hydrogens is 358 g/mol. The summed E-state index contributed by atoms with van der Waals surface area (Å²) in [6.45, 7) is 5.89. The van der Waals surface area contributed by atoms with Crippen molar-refractivity contribution in [1.82, 2.24) is 10.6 Å². The van der Waals surface area contributed by atoms with Gasteiger partial charge in [0.1, 0.15) is 11.0 Å². The Labute approximate surface area is 166 Å². The van der Waals surface area contributed by atoms with Crippen molar-refractivity contribution in [2.24, 2.45) is 34.8 Å². The Balaban J connectivity index is 1.53. The summed E-state index contributed by atoms with van der Waals surface area (Å²) in [5, 5.41) is 6.19. The lowest BCUT2D eigenvalue weighted by atomic mass is 9.48. The van der Waals surface area contributed by atoms with Crippen molar-refractivity contribution in [1.29, 1.82) is 0 Å². The maximum atomic E-state index is 12.7. The van der Waals surface area contributed by atoms with Crippen molar-refractivity contribution in [3.8, 4) is 0 Å². The highest BCUT2D eigenvalue weighted by Gasteiger charge is 2.60. The Morgan fingerprint density at radius 1 is 1.00 bits per heavy atom. The van der Waals surface area contributed by atoms with Crippen LogP contribution in [0.15, 0.2) is 0 Å². The quantitative estimate of drug-likeness (QED) is 0.623. The average Bonchev–Trinajstić information content (AvgIpc) is 3.36. The number of carbonyl (C=O) groups excluding carboxylic acids is 3. The van der Waals surface area contributed by atoms with E-state index in [-0.39, 0.29) is 5.91 Å². The third-order valence-corrected chi connectivity index (χ3v) is 7.53. The molecule has 7 nitrogen and oxygen atoms in total. The molecule has 5 rings (SSSR count). The lowest BCUT2D eigenvalue weighted by Crippen LogP contribution is -2.70. The lowest BCUT2D eigenvalue weighted by Gasteiger charge is -2.61. The number of nitrogens with two attached hydrogens (primary N) is 1. The van der Waals surface area contributed by atoms with Gasteiger partial charge < -0.3 is 21.1 Å². The maximum absolute atomic E-state index is 12.7. The van der Waals surface area contributed by atoms with Gasteiger partial charge in [-0.1, -0.05) is 0 Å². The molecule has 0 unspecified atom stereocenters. The fourth-order valence-electron chi connectivity index (χ4n) is 6.16. The van der Waals surface area contributed by atoms with Crippen LogP contribution < -0.4 is 16.4 Å². The molecule has 0 radical (unpaired) electrons. The molecule has 5 saturated carbocycles. The zero-order chi connectivity index (χ0) is 20.3. The van der Waals surface area contributed by atoms with Gasteiger partial charge in [-0.05, 0) is 89.4 Å². The molecule has 5 aliphatic rings. The molecule has 0 heterocycles. The van der Waals surface area contributed by atoms with Crippen LogP contribution in [0.2, 0.25) is 0 Å². The molecular formula is C21H33N3O4. The van der Waals surface area contributed by atoms with E-state index < -0.39 is 28.6 Å². The van der Waals surface area contributed by atoms with Gasteiger partial charge in [-0.2, -0.15) is 0 Å². The van der Waals surface area contributed by atoms with Gasteiger partial charge in [-0.25, -0.2) is 4.79 Å². The number of nitrogens with one attached hydrogen (secondary N) is 2. The highest BCUT2D eigenvalue weighted by molar-refractivity contribution is 6.07. The predicted octanol–water partition coefficient (Wildman–Crippen LogP) is 2.09. The van der Waals surface area contributed by atoms with Crippen molar-refractivity contribution in [2.75, 3.05) is 6.54 Å². The van der Waals surface area contributed by atoms with Crippen LogP contribution in [-0.4, -0.2) is 35.6 Å². The van der Waals surface area contributed by atoms with Gasteiger partial charge in [0.15, 0.2) is 0 Å². The van der Waals surface area contributed by atoms with Crippen molar-refractivity contribution in [3.63, 3.8) is 0 Å². The first-order valence-corrected chi connectivity index (χ1v) is 10.6. The number of hydrogen-bond donors (Lipinski definition) is 3. The fourth-order valence-corrected chi connectivity index (χ4v) is 6.16. The van der Waals surface area contributed by atoms with E-state index in [0.717, 1.165) is 37.5 Å². The van der Waals surface area contributed by atoms with E-state index in [1.165, 1.54) is 6.42 Å². The molecule has 7 heteroatoms. The van der Waals surface area contributed by atoms with E-state index in [1.54, 1.807) is 0 Å². The van der Waals surface area contributed by atoms with E-state index >= 15 is 0 Å². The Morgan fingerprint density at radius 3 is 1.96 bits per heavy atom. The molecule has 0 saturated heterocycles. The average molecular weight is 392 g/mol. The third kappa shape index (κ3) is 3.26. The highest BCUT2D eigenvalue weighted by Crippen LogP contribution is 2.58. The smallest absolute Gasteiger partial charge is 0.408 e. The molecule has 5 aliphatic carbocycles. The molecule has 0 aromatic carbocycles. The summed E-state index contributed by atoms with van der Waals surface area (Å²) in [7, 11) is 0. The molecule has 0 aromatic rings. The normalized spacial score (nSPS) is 37.2. The standard InChI is InChI=1S/C21H33N3O4/c1-19(2,3)28-18(27)24-21(11-23-17(26)20(4-5-20)16(22)25)14-7-12-6-13(9-14)10-15(21)8-12/h12-15H,4-11H2,1-3H3,(H2,22,25)(H,23,26)(H,24,27). The van der Waals surface area contributed by atoms with Gasteiger partial charge in [0, 0.05) is 6.54 Å². The first-order chi connectivity index (χ1) is 13.0. The largest absolute Gasteiger partial charge is 0.444 e. The Bertz CT molecular complexity index is 664. The van der Waals surface area contributed by atoms with Gasteiger partial charge in [-0.3, -0.25) is 9.59 Å². The molecule has 0 aliphatic heterocycles. The topological polar surface area (TPSA) is 111 Å². The molecule has 4 N–H and O–H groups in total. The zero-order valence-corrected chi connectivity index (χ0v) is 17.2. The van der Waals surface area contributed by atoms with Gasteiger partial charge in [0.25, 0.3) is 0 Å². The monoisotopic (exact) mass is 391 g/mol. The molecule has 156 valence electrons. The molecule has 0 aromatic heterocycles. The van der Waals surface area contributed by atoms with Crippen LogP contribution in [0.5, 0.6) is 0 Å². The van der Waals surface area contributed by atoms with Crippen LogP contribution in [-0.2, 0) is 14.3 Å². The van der Waals surface area contributed by atoms with Gasteiger partial charge >= 0.3 is 6.09 Å². The number of rotatable bonds is 5. The summed E-state index contributed by atoms with van der Waals surface area (Å²) in [5.74, 6) is 1.28. The molecule has 0 atom stereocenters. The Kier molecular flexibility index (Phi) is 4.43. The van der Waals surface area contributed by atoms with Crippen LogP contribution in [0.3, 0.4) is 0 Å². The Morgan fingerprint density at radius 2 is 1.54 bits per heavy atom. The lowest BCUT2D eigenvalue weighted by molar-refractivity contribution is -0.136. The van der Waals surface area contributed by atoms with E-state index in [0.29, 0.717) is 31.2 Å². The summed E-state index contributed by atoms with van der Waals surface area (Å²) in [6.07, 6.45) is 6.23. The van der Waals surface area contributed by atoms with Crippen molar-refractivity contribution in [3.05, 3.63) is 0 Å². The number of ether oxygens (including phenoxy) is 1. The molecule has 28 heavy (non-hydrogen) atoms. The van der Waals surface area contributed by atoms with Gasteiger partial charge in [0.05, 0.1) is 5.54 Å². The van der Waals surface area contributed by atoms with Crippen molar-refractivity contribution < 1.29 is 19.1 Å². The SMILES string of the molecule is CC(C)(C)OC(=O)NC1(CNC(=O)C2(C(N)=O)CC2)C2CC3CC(C2)CC1C3. The summed E-state index contributed by atoms with van der Waals surface area (Å²) >= 11 is 0. The second kappa shape index (κ2) is 6.36. The number of amides is 3. The first-order valence-electron chi connectivity index (χ1n) is 10.6. The van der Waals surface area contributed by atoms with Gasteiger partial charge in [-0.15, -0.1) is 0 Å². The second-order valence-electron chi connectivity index (χ2n) is 10.6. The van der Waals surface area contributed by atoms with E-state index in [4.69, 9.17) is 10.5 Å². The molecule has 4 bridgehead atoms. The fraction of sp³-hybridized carbons (Fsp3) is 0.857. The number of primary amides is 1. The van der Waals surface area contributed by atoms with Crippen molar-refractivity contribution in [2.45, 2.75) is 76.9 Å². The third-order valence-electron chi connectivity index (χ3n) is 7.53. The van der Waals surface area contributed by atoms with E-state index in [9.17, 15) is 14.4 Å². The zero-order valence-electron chi connectivity index (χ0n) is 17.2. The number of hydrogen-bond acceptors (Lipinski definition) is 4. The van der Waals surface area contributed by atoms with Crippen LogP contribution in [0.4, 0.5) is 4.79 Å². The van der Waals surface area contributed by atoms with Gasteiger partial charge in [0.2, 0.25) is 11.8 Å². The van der Waals surface area contributed by atoms with Crippen LogP contribution >= 0.6 is 0 Å². The second-order valence-corrected chi connectivity index (χ2v) is 10.6. The summed E-state index contributed by atoms with van der Waals surface area (Å²) in [5.41, 5.74) is 3.33. The predicted molar refractivity (Wildman–Crippen MR) is 103 cm³/mol. The summed E-state index contributed by atoms with van der Waals surface area (Å²) < 4.78 is 5.56. The summed E-state index contributed by atoms with van der Waals surface area (Å²) in [6, 6.07) is 0.